The van der Waals surface area contributed by atoms with Gasteiger partial charge in [0.1, 0.15) is 23.3 Å². The summed E-state index contributed by atoms with van der Waals surface area (Å²) in [6.07, 6.45) is 1.46. The quantitative estimate of drug-likeness (QED) is 0.495. The minimum absolute atomic E-state index is 0.0294. The van der Waals surface area contributed by atoms with Crippen LogP contribution in [-0.2, 0) is 18.8 Å². The molecule has 0 saturated heterocycles. The Morgan fingerprint density at radius 1 is 1.21 bits per heavy atom. The number of benzene rings is 1. The third-order valence-electron chi connectivity index (χ3n) is 4.51. The summed E-state index contributed by atoms with van der Waals surface area (Å²) < 4.78 is 7.58. The van der Waals surface area contributed by atoms with E-state index in [4.69, 9.17) is 16.3 Å². The Balaban J connectivity index is 2.54. The van der Waals surface area contributed by atoms with E-state index in [-0.39, 0.29) is 17.6 Å². The van der Waals surface area contributed by atoms with E-state index in [0.29, 0.717) is 27.5 Å². The van der Waals surface area contributed by atoms with Crippen LogP contribution in [0, 0.1) is 6.92 Å². The third kappa shape index (κ3) is 3.14. The lowest BCUT2D eigenvalue weighted by Gasteiger charge is -2.13. The number of carbonyl (C=O) groups is 1. The number of rotatable bonds is 4. The van der Waals surface area contributed by atoms with Crippen molar-refractivity contribution in [3.05, 3.63) is 74.0 Å². The maximum Gasteiger partial charge on any atom is 0.417 e. The van der Waals surface area contributed by atoms with Gasteiger partial charge in [0, 0.05) is 17.6 Å². The predicted octanol–water partition coefficient (Wildman–Crippen LogP) is 2.02. The van der Waals surface area contributed by atoms with Crippen LogP contribution in [0.5, 0.6) is 0 Å². The molecule has 0 unspecified atom stereocenters. The van der Waals surface area contributed by atoms with Crippen LogP contribution in [0.3, 0.4) is 0 Å². The minimum Gasteiger partial charge on any atom is -0.458 e. The second-order valence-electron chi connectivity index (χ2n) is 6.32. The number of aryl methyl sites for hydroxylation is 2. The van der Waals surface area contributed by atoms with Gasteiger partial charge in [0.05, 0.1) is 7.05 Å². The number of fused-ring (bicyclic) bond motifs is 1. The van der Waals surface area contributed by atoms with Gasteiger partial charge >= 0.3 is 11.7 Å². The number of ether oxygens (including phenoxy) is 1. The standard InChI is InChI=1S/C20H18ClN3O4/c1-5-10-28-19(26)14-11(2)22-17-16(18(25)24(4)20(27)23(17)3)15(14)12-6-8-13(21)9-7-12/h5-9H,1,10H2,2-4H3/p+1. The zero-order chi connectivity index (χ0) is 20.6. The van der Waals surface area contributed by atoms with Gasteiger partial charge in [0.15, 0.2) is 0 Å². The van der Waals surface area contributed by atoms with Crippen molar-refractivity contribution in [1.82, 2.24) is 9.13 Å². The van der Waals surface area contributed by atoms with E-state index in [0.717, 1.165) is 4.57 Å². The molecule has 0 amide bonds. The molecule has 2 heterocycles. The molecule has 0 spiro atoms. The first-order valence-corrected chi connectivity index (χ1v) is 8.85. The predicted molar refractivity (Wildman–Crippen MR) is 107 cm³/mol. The number of aromatic amines is 1. The molecule has 0 aliphatic heterocycles. The number of nitrogens with one attached hydrogen (secondary N) is 1. The van der Waals surface area contributed by atoms with E-state index in [9.17, 15) is 14.4 Å². The number of aromatic nitrogens is 3. The molecule has 0 fully saturated rings. The molecule has 0 saturated carbocycles. The highest BCUT2D eigenvalue weighted by Crippen LogP contribution is 2.31. The lowest BCUT2D eigenvalue weighted by atomic mass is 9.96. The van der Waals surface area contributed by atoms with E-state index >= 15 is 0 Å². The largest absolute Gasteiger partial charge is 0.458 e. The van der Waals surface area contributed by atoms with Gasteiger partial charge in [0.25, 0.3) is 11.2 Å². The maximum absolute atomic E-state index is 13.0. The summed E-state index contributed by atoms with van der Waals surface area (Å²) in [5.41, 5.74) is 0.994. The van der Waals surface area contributed by atoms with Crippen molar-refractivity contribution < 1.29 is 14.5 Å². The number of hydrogen-bond acceptors (Lipinski definition) is 4. The molecule has 144 valence electrons. The Hall–Kier alpha value is -3.19. The van der Waals surface area contributed by atoms with Crippen molar-refractivity contribution in [2.45, 2.75) is 6.92 Å². The number of H-pyrrole nitrogens is 1. The Kier molecular flexibility index (Phi) is 5.20. The third-order valence-corrected chi connectivity index (χ3v) is 4.77. The molecule has 0 radical (unpaired) electrons. The van der Waals surface area contributed by atoms with Gasteiger partial charge < -0.3 is 4.74 Å². The molecule has 28 heavy (non-hydrogen) atoms. The fourth-order valence-electron chi connectivity index (χ4n) is 3.14. The Morgan fingerprint density at radius 2 is 1.86 bits per heavy atom. The molecular formula is C20H19ClN3O4+. The van der Waals surface area contributed by atoms with Gasteiger partial charge in [-0.05, 0) is 24.6 Å². The van der Waals surface area contributed by atoms with E-state index < -0.39 is 17.2 Å². The first kappa shape index (κ1) is 19.6. The summed E-state index contributed by atoms with van der Waals surface area (Å²) in [5.74, 6) is -0.601. The summed E-state index contributed by atoms with van der Waals surface area (Å²) in [7, 11) is 2.95. The van der Waals surface area contributed by atoms with Gasteiger partial charge in [-0.3, -0.25) is 4.79 Å². The molecule has 2 aromatic heterocycles. The summed E-state index contributed by atoms with van der Waals surface area (Å²) in [6, 6.07) is 6.76. The molecule has 7 nitrogen and oxygen atoms in total. The van der Waals surface area contributed by atoms with Crippen LogP contribution in [0.4, 0.5) is 0 Å². The number of carbonyl (C=O) groups excluding carboxylic acids is 1. The van der Waals surface area contributed by atoms with Gasteiger partial charge in [-0.25, -0.2) is 19.1 Å². The molecule has 0 aliphatic carbocycles. The van der Waals surface area contributed by atoms with Crippen LogP contribution in [0.1, 0.15) is 16.1 Å². The second-order valence-corrected chi connectivity index (χ2v) is 6.76. The van der Waals surface area contributed by atoms with Gasteiger partial charge in [-0.2, -0.15) is 4.57 Å². The minimum atomic E-state index is -0.601. The van der Waals surface area contributed by atoms with Crippen molar-refractivity contribution in [2.24, 2.45) is 14.1 Å². The molecule has 8 heteroatoms. The van der Waals surface area contributed by atoms with Gasteiger partial charge in [-0.1, -0.05) is 36.4 Å². The molecule has 0 aliphatic rings. The Labute approximate surface area is 165 Å². The second kappa shape index (κ2) is 7.44. The summed E-state index contributed by atoms with van der Waals surface area (Å²) >= 11 is 6.00. The number of halogens is 1. The van der Waals surface area contributed by atoms with Gasteiger partial charge in [0.2, 0.25) is 0 Å². The summed E-state index contributed by atoms with van der Waals surface area (Å²) in [4.78, 5) is 41.1. The zero-order valence-electron chi connectivity index (χ0n) is 15.7. The summed E-state index contributed by atoms with van der Waals surface area (Å²) in [5, 5.41) is 0.728. The number of hydrogen-bond donors (Lipinski definition) is 0. The zero-order valence-corrected chi connectivity index (χ0v) is 16.5. The van der Waals surface area contributed by atoms with E-state index in [1.54, 1.807) is 38.2 Å². The average molecular weight is 401 g/mol. The molecule has 0 atom stereocenters. The smallest absolute Gasteiger partial charge is 0.417 e. The van der Waals surface area contributed by atoms with Crippen LogP contribution < -0.4 is 16.2 Å². The number of esters is 1. The van der Waals surface area contributed by atoms with E-state index in [1.165, 1.54) is 17.7 Å². The SMILES string of the molecule is C=CCOC(=O)c1c(C)[nH+]c2c(c1-c1ccc(Cl)cc1)c(=O)n(C)c(=O)n2C. The van der Waals surface area contributed by atoms with Crippen molar-refractivity contribution >= 4 is 28.6 Å². The van der Waals surface area contributed by atoms with E-state index in [2.05, 4.69) is 11.6 Å². The van der Waals surface area contributed by atoms with Crippen LogP contribution >= 0.6 is 11.6 Å². The van der Waals surface area contributed by atoms with Crippen molar-refractivity contribution in [1.29, 1.82) is 0 Å². The van der Waals surface area contributed by atoms with Crippen molar-refractivity contribution in [3.8, 4) is 11.1 Å². The summed E-state index contributed by atoms with van der Waals surface area (Å²) in [6.45, 7) is 5.26. The first-order valence-electron chi connectivity index (χ1n) is 8.47. The van der Waals surface area contributed by atoms with Crippen LogP contribution in [-0.4, -0.2) is 21.7 Å². The van der Waals surface area contributed by atoms with Crippen LogP contribution in [0.15, 0.2) is 46.5 Å². The first-order chi connectivity index (χ1) is 13.3. The molecule has 3 aromatic rings. The monoisotopic (exact) mass is 400 g/mol. The van der Waals surface area contributed by atoms with Crippen LogP contribution in [0.25, 0.3) is 22.2 Å². The molecular weight excluding hydrogens is 382 g/mol. The molecule has 3 rings (SSSR count). The fraction of sp³-hybridized carbons (Fsp3) is 0.200. The van der Waals surface area contributed by atoms with Crippen molar-refractivity contribution in [3.63, 3.8) is 0 Å². The number of pyridine rings is 1. The Bertz CT molecular complexity index is 1220. The molecule has 0 bridgehead atoms. The van der Waals surface area contributed by atoms with Crippen molar-refractivity contribution in [2.75, 3.05) is 6.61 Å². The average Bonchev–Trinajstić information content (AvgIpc) is 2.68. The topological polar surface area (TPSA) is 84.4 Å². The van der Waals surface area contributed by atoms with E-state index in [1.807, 2.05) is 0 Å². The van der Waals surface area contributed by atoms with Crippen LogP contribution in [0.2, 0.25) is 5.02 Å². The highest BCUT2D eigenvalue weighted by molar-refractivity contribution is 6.30. The molecule has 1 aromatic carbocycles. The highest BCUT2D eigenvalue weighted by Gasteiger charge is 2.28. The number of nitrogens with zero attached hydrogens (tertiary/aromatic N) is 2. The normalized spacial score (nSPS) is 10.9. The Morgan fingerprint density at radius 3 is 2.46 bits per heavy atom. The highest BCUT2D eigenvalue weighted by atomic mass is 35.5. The molecule has 1 N–H and O–H groups in total. The maximum atomic E-state index is 13.0. The fourth-order valence-corrected chi connectivity index (χ4v) is 3.26. The lowest BCUT2D eigenvalue weighted by molar-refractivity contribution is -0.359. The lowest BCUT2D eigenvalue weighted by Crippen LogP contribution is -2.40. The van der Waals surface area contributed by atoms with Gasteiger partial charge in [-0.15, -0.1) is 0 Å².